The van der Waals surface area contributed by atoms with Gasteiger partial charge in [0, 0.05) is 6.61 Å². The first-order chi connectivity index (χ1) is 9.76. The van der Waals surface area contributed by atoms with Gasteiger partial charge in [-0.05, 0) is 55.4 Å². The Morgan fingerprint density at radius 2 is 1.90 bits per heavy atom. The number of allylic oxidation sites excluding steroid dienone is 1. The molecule has 0 aliphatic heterocycles. The fourth-order valence-electron chi connectivity index (χ4n) is 4.36. The largest absolute Gasteiger partial charge is 0.492 e. The molecule has 2 fully saturated rings. The average Bonchev–Trinajstić information content (AvgIpc) is 3.05. The molecule has 0 aromatic heterocycles. The van der Waals surface area contributed by atoms with Gasteiger partial charge in [0.1, 0.15) is 12.4 Å². The summed E-state index contributed by atoms with van der Waals surface area (Å²) in [5.41, 5.74) is 0. The number of hydrogen-bond acceptors (Lipinski definition) is 2. The molecule has 2 aliphatic rings. The first-order valence-corrected chi connectivity index (χ1v) is 8.28. The zero-order chi connectivity index (χ0) is 14.4. The Morgan fingerprint density at radius 1 is 1.15 bits per heavy atom. The number of ether oxygens (including phenoxy) is 2. The maximum Gasteiger partial charge on any atom is 0.111 e. The zero-order valence-corrected chi connectivity index (χ0v) is 13.0. The summed E-state index contributed by atoms with van der Waals surface area (Å²) in [6.45, 7) is 11.8. The molecule has 2 aliphatic carbocycles. The van der Waals surface area contributed by atoms with Crippen LogP contribution in [-0.4, -0.2) is 19.8 Å². The molecule has 4 atom stereocenters. The van der Waals surface area contributed by atoms with Crippen molar-refractivity contribution in [2.24, 2.45) is 23.7 Å². The van der Waals surface area contributed by atoms with E-state index in [-0.39, 0.29) is 0 Å². The minimum absolute atomic E-state index is 0.582. The molecule has 114 valence electrons. The molecular formula is C18H30O2. The lowest BCUT2D eigenvalue weighted by Gasteiger charge is -2.18. The van der Waals surface area contributed by atoms with Gasteiger partial charge in [0.2, 0.25) is 0 Å². The monoisotopic (exact) mass is 278 g/mol. The van der Waals surface area contributed by atoms with Crippen molar-refractivity contribution in [2.75, 3.05) is 19.8 Å². The molecule has 0 aromatic carbocycles. The molecule has 0 N–H and O–H groups in total. The van der Waals surface area contributed by atoms with Crippen molar-refractivity contribution in [1.82, 2.24) is 0 Å². The highest BCUT2D eigenvalue weighted by Crippen LogP contribution is 2.52. The Hall–Kier alpha value is -0.760. The summed E-state index contributed by atoms with van der Waals surface area (Å²) in [7, 11) is 0. The van der Waals surface area contributed by atoms with Crippen LogP contribution in [0.3, 0.4) is 0 Å². The van der Waals surface area contributed by atoms with Crippen LogP contribution >= 0.6 is 0 Å². The van der Waals surface area contributed by atoms with Crippen LogP contribution in [0.4, 0.5) is 0 Å². The lowest BCUT2D eigenvalue weighted by molar-refractivity contribution is 0.0680. The van der Waals surface area contributed by atoms with Gasteiger partial charge in [-0.3, -0.25) is 0 Å². The number of hydrogen-bond donors (Lipinski definition) is 0. The summed E-state index contributed by atoms with van der Waals surface area (Å²) in [5.74, 6) is 4.57. The molecule has 2 rings (SSSR count). The molecule has 0 heterocycles. The predicted molar refractivity (Wildman–Crippen MR) is 83.4 cm³/mol. The molecule has 0 bridgehead atoms. The summed E-state index contributed by atoms with van der Waals surface area (Å²) < 4.78 is 11.0. The molecule has 0 aromatic rings. The van der Waals surface area contributed by atoms with E-state index < -0.39 is 0 Å². The van der Waals surface area contributed by atoms with Crippen molar-refractivity contribution in [3.05, 3.63) is 25.0 Å². The van der Waals surface area contributed by atoms with E-state index in [4.69, 9.17) is 9.47 Å². The first kappa shape index (κ1) is 15.6. The Balaban J connectivity index is 1.60. The fraction of sp³-hybridized carbons (Fsp3) is 0.778. The van der Waals surface area contributed by atoms with Gasteiger partial charge in [0.25, 0.3) is 0 Å². The minimum Gasteiger partial charge on any atom is -0.492 e. The molecule has 0 amide bonds. The molecule has 2 heteroatoms. The highest BCUT2D eigenvalue weighted by atomic mass is 16.5. The predicted octanol–water partition coefficient (Wildman–Crippen LogP) is 4.57. The van der Waals surface area contributed by atoms with Crippen molar-refractivity contribution in [3.8, 4) is 0 Å². The van der Waals surface area contributed by atoms with Crippen molar-refractivity contribution < 1.29 is 9.47 Å². The van der Waals surface area contributed by atoms with E-state index in [2.05, 4.69) is 20.1 Å². The first-order valence-electron chi connectivity index (χ1n) is 8.28. The van der Waals surface area contributed by atoms with E-state index in [0.717, 1.165) is 30.3 Å². The summed E-state index contributed by atoms with van der Waals surface area (Å²) in [4.78, 5) is 0. The number of rotatable bonds is 9. The van der Waals surface area contributed by atoms with Gasteiger partial charge >= 0.3 is 0 Å². The topological polar surface area (TPSA) is 18.5 Å². The van der Waals surface area contributed by atoms with Gasteiger partial charge in [-0.1, -0.05) is 32.9 Å². The standard InChI is InChI=1S/C18H30O2/c1-4-14(3)20-12-11-19-10-9-16-13-15(5-2)17-7-6-8-18(16)17/h4,15-18H,1,3,5-13H2,2H3. The summed E-state index contributed by atoms with van der Waals surface area (Å²) >= 11 is 0. The van der Waals surface area contributed by atoms with Crippen LogP contribution in [-0.2, 0) is 9.47 Å². The maximum atomic E-state index is 5.71. The third-order valence-corrected chi connectivity index (χ3v) is 5.34. The van der Waals surface area contributed by atoms with Crippen LogP contribution in [0.5, 0.6) is 0 Å². The average molecular weight is 278 g/mol. The third-order valence-electron chi connectivity index (χ3n) is 5.34. The van der Waals surface area contributed by atoms with Crippen LogP contribution < -0.4 is 0 Å². The second-order valence-electron chi connectivity index (χ2n) is 6.34. The molecule has 4 unspecified atom stereocenters. The van der Waals surface area contributed by atoms with E-state index in [9.17, 15) is 0 Å². The fourth-order valence-corrected chi connectivity index (χ4v) is 4.36. The van der Waals surface area contributed by atoms with Gasteiger partial charge in [-0.15, -0.1) is 0 Å². The van der Waals surface area contributed by atoms with E-state index in [1.807, 2.05) is 0 Å². The Morgan fingerprint density at radius 3 is 2.60 bits per heavy atom. The minimum atomic E-state index is 0.582. The van der Waals surface area contributed by atoms with E-state index in [1.54, 1.807) is 6.08 Å². The normalized spacial score (nSPS) is 32.0. The highest BCUT2D eigenvalue weighted by Gasteiger charge is 2.43. The Bertz CT molecular complexity index is 323. The molecule has 0 saturated heterocycles. The molecule has 2 saturated carbocycles. The highest BCUT2D eigenvalue weighted by molar-refractivity contribution is 5.01. The molecule has 2 nitrogen and oxygen atoms in total. The summed E-state index contributed by atoms with van der Waals surface area (Å²) in [6.07, 6.45) is 10.1. The van der Waals surface area contributed by atoms with Crippen LogP contribution in [0, 0.1) is 23.7 Å². The van der Waals surface area contributed by atoms with Crippen molar-refractivity contribution >= 4 is 0 Å². The molecular weight excluding hydrogens is 248 g/mol. The van der Waals surface area contributed by atoms with Crippen LogP contribution in [0.15, 0.2) is 25.0 Å². The van der Waals surface area contributed by atoms with E-state index >= 15 is 0 Å². The second-order valence-corrected chi connectivity index (χ2v) is 6.34. The van der Waals surface area contributed by atoms with Gasteiger partial charge in [-0.25, -0.2) is 0 Å². The summed E-state index contributed by atoms with van der Waals surface area (Å²) in [5, 5.41) is 0. The van der Waals surface area contributed by atoms with Gasteiger partial charge in [0.05, 0.1) is 6.61 Å². The van der Waals surface area contributed by atoms with Gasteiger partial charge in [-0.2, -0.15) is 0 Å². The second kappa shape index (κ2) is 7.87. The molecule has 0 spiro atoms. The Kier molecular flexibility index (Phi) is 6.15. The quantitative estimate of drug-likeness (QED) is 0.349. The molecule has 20 heavy (non-hydrogen) atoms. The van der Waals surface area contributed by atoms with Crippen LogP contribution in [0.2, 0.25) is 0 Å². The van der Waals surface area contributed by atoms with Crippen molar-refractivity contribution in [3.63, 3.8) is 0 Å². The number of fused-ring (bicyclic) bond motifs is 1. The zero-order valence-electron chi connectivity index (χ0n) is 13.0. The summed E-state index contributed by atoms with van der Waals surface area (Å²) in [6, 6.07) is 0. The lowest BCUT2D eigenvalue weighted by atomic mass is 9.88. The Labute approximate surface area is 124 Å². The van der Waals surface area contributed by atoms with Gasteiger partial charge < -0.3 is 9.47 Å². The van der Waals surface area contributed by atoms with E-state index in [0.29, 0.717) is 19.0 Å². The third kappa shape index (κ3) is 3.88. The maximum absolute atomic E-state index is 5.71. The lowest BCUT2D eigenvalue weighted by Crippen LogP contribution is -2.13. The van der Waals surface area contributed by atoms with E-state index in [1.165, 1.54) is 38.5 Å². The molecule has 0 radical (unpaired) electrons. The smallest absolute Gasteiger partial charge is 0.111 e. The van der Waals surface area contributed by atoms with Crippen LogP contribution in [0.1, 0.15) is 45.4 Å². The SMILES string of the molecule is C=CC(=C)OCCOCCC1CC(CC)C2CCCC12. The van der Waals surface area contributed by atoms with Crippen LogP contribution in [0.25, 0.3) is 0 Å². The van der Waals surface area contributed by atoms with Crippen molar-refractivity contribution in [1.29, 1.82) is 0 Å². The van der Waals surface area contributed by atoms with Gasteiger partial charge in [0.15, 0.2) is 0 Å². The van der Waals surface area contributed by atoms with Crippen molar-refractivity contribution in [2.45, 2.75) is 45.4 Å².